The van der Waals surface area contributed by atoms with Crippen molar-refractivity contribution in [2.24, 2.45) is 0 Å². The lowest BCUT2D eigenvalue weighted by Crippen LogP contribution is -2.55. The standard InChI is InChI=1S/C22H28FN3O4S/c23-16-3-1-15(2-4-16)10-25-21(28)9-18-5-6-19-20(30-18)14-29-13-17(27)11-26(19)12-22-24-7-8-31-22/h1-4,7-8,17-20,27H,5-6,9-14H2,(H,25,28)/t17-,18+,19+,20-/m1/s1. The van der Waals surface area contributed by atoms with Crippen LogP contribution in [0.25, 0.3) is 0 Å². The van der Waals surface area contributed by atoms with Gasteiger partial charge in [0, 0.05) is 30.7 Å². The fourth-order valence-electron chi connectivity index (χ4n) is 4.21. The Hall–Kier alpha value is -1.91. The number of aromatic nitrogens is 1. The summed E-state index contributed by atoms with van der Waals surface area (Å²) in [5.74, 6) is -0.382. The van der Waals surface area contributed by atoms with E-state index in [1.807, 2.05) is 5.38 Å². The molecule has 2 N–H and O–H groups in total. The van der Waals surface area contributed by atoms with Crippen molar-refractivity contribution in [2.75, 3.05) is 19.8 Å². The largest absolute Gasteiger partial charge is 0.389 e. The lowest BCUT2D eigenvalue weighted by Gasteiger charge is -2.44. The summed E-state index contributed by atoms with van der Waals surface area (Å²) in [6.45, 7) is 2.20. The smallest absolute Gasteiger partial charge is 0.222 e. The Morgan fingerprint density at radius 1 is 1.29 bits per heavy atom. The second kappa shape index (κ2) is 10.6. The van der Waals surface area contributed by atoms with Gasteiger partial charge in [0.05, 0.1) is 44.5 Å². The summed E-state index contributed by atoms with van der Waals surface area (Å²) in [6.07, 6.45) is 2.81. The number of nitrogens with one attached hydrogen (secondary N) is 1. The number of aliphatic hydroxyl groups is 1. The number of carbonyl (C=O) groups is 1. The van der Waals surface area contributed by atoms with E-state index < -0.39 is 6.10 Å². The number of hydrogen-bond donors (Lipinski definition) is 2. The zero-order chi connectivity index (χ0) is 21.6. The second-order valence-corrected chi connectivity index (χ2v) is 9.07. The lowest BCUT2D eigenvalue weighted by atomic mass is 9.94. The van der Waals surface area contributed by atoms with E-state index in [9.17, 15) is 14.3 Å². The third-order valence-corrected chi connectivity index (χ3v) is 6.49. The Bertz CT molecular complexity index is 836. The Morgan fingerprint density at radius 2 is 2.13 bits per heavy atom. The number of aliphatic hydroxyl groups excluding tert-OH is 1. The van der Waals surface area contributed by atoms with Crippen LogP contribution in [-0.2, 0) is 27.4 Å². The molecule has 2 aromatic rings. The van der Waals surface area contributed by atoms with E-state index in [0.29, 0.717) is 26.2 Å². The summed E-state index contributed by atoms with van der Waals surface area (Å²) in [7, 11) is 0. The number of thiazole rings is 1. The molecule has 2 saturated heterocycles. The molecule has 1 amide bonds. The van der Waals surface area contributed by atoms with Crippen LogP contribution >= 0.6 is 11.3 Å². The molecular formula is C22H28FN3O4S. The van der Waals surface area contributed by atoms with Crippen LogP contribution in [-0.4, -0.2) is 65.0 Å². The minimum Gasteiger partial charge on any atom is -0.389 e. The van der Waals surface area contributed by atoms with Crippen LogP contribution in [0.3, 0.4) is 0 Å². The maximum absolute atomic E-state index is 13.0. The number of fused-ring (bicyclic) bond motifs is 1. The van der Waals surface area contributed by atoms with Crippen LogP contribution in [0.2, 0.25) is 0 Å². The van der Waals surface area contributed by atoms with Crippen molar-refractivity contribution >= 4 is 17.2 Å². The number of benzene rings is 1. The van der Waals surface area contributed by atoms with E-state index in [-0.39, 0.29) is 43.0 Å². The molecule has 0 aliphatic carbocycles. The van der Waals surface area contributed by atoms with Crippen LogP contribution in [0.4, 0.5) is 4.39 Å². The van der Waals surface area contributed by atoms with Crippen molar-refractivity contribution in [3.8, 4) is 0 Å². The average molecular weight is 450 g/mol. The van der Waals surface area contributed by atoms with Gasteiger partial charge in [-0.05, 0) is 30.5 Å². The third kappa shape index (κ3) is 6.30. The van der Waals surface area contributed by atoms with Crippen LogP contribution in [0, 0.1) is 5.82 Å². The van der Waals surface area contributed by atoms with E-state index in [2.05, 4.69) is 15.2 Å². The summed E-state index contributed by atoms with van der Waals surface area (Å²) >= 11 is 1.60. The molecule has 168 valence electrons. The zero-order valence-corrected chi connectivity index (χ0v) is 18.1. The van der Waals surface area contributed by atoms with E-state index in [0.717, 1.165) is 23.4 Å². The van der Waals surface area contributed by atoms with Gasteiger partial charge < -0.3 is 19.9 Å². The average Bonchev–Trinajstić information content (AvgIpc) is 3.25. The van der Waals surface area contributed by atoms with Crippen LogP contribution in [0.1, 0.15) is 29.8 Å². The Morgan fingerprint density at radius 3 is 2.90 bits per heavy atom. The van der Waals surface area contributed by atoms with Crippen molar-refractivity contribution in [1.29, 1.82) is 0 Å². The van der Waals surface area contributed by atoms with Crippen molar-refractivity contribution < 1.29 is 23.8 Å². The number of halogens is 1. The first-order chi connectivity index (χ1) is 15.1. The molecule has 31 heavy (non-hydrogen) atoms. The van der Waals surface area contributed by atoms with Gasteiger partial charge >= 0.3 is 0 Å². The maximum atomic E-state index is 13.0. The Kier molecular flexibility index (Phi) is 7.62. The fraction of sp³-hybridized carbons (Fsp3) is 0.545. The molecule has 9 heteroatoms. The number of ether oxygens (including phenoxy) is 2. The topological polar surface area (TPSA) is 83.9 Å². The van der Waals surface area contributed by atoms with Crippen molar-refractivity contribution in [1.82, 2.24) is 15.2 Å². The van der Waals surface area contributed by atoms with Gasteiger partial charge in [0.2, 0.25) is 5.91 Å². The van der Waals surface area contributed by atoms with Gasteiger partial charge in [-0.25, -0.2) is 9.37 Å². The number of amides is 1. The molecule has 4 atom stereocenters. The zero-order valence-electron chi connectivity index (χ0n) is 17.3. The molecule has 0 radical (unpaired) electrons. The van der Waals surface area contributed by atoms with Crippen molar-refractivity contribution in [3.05, 3.63) is 52.2 Å². The highest BCUT2D eigenvalue weighted by Crippen LogP contribution is 2.29. The molecule has 0 saturated carbocycles. The molecule has 0 spiro atoms. The van der Waals surface area contributed by atoms with Crippen LogP contribution in [0.5, 0.6) is 0 Å². The first-order valence-corrected chi connectivity index (χ1v) is 11.5. The number of nitrogens with zero attached hydrogens (tertiary/aromatic N) is 2. The highest BCUT2D eigenvalue weighted by atomic mass is 32.1. The molecular weight excluding hydrogens is 421 g/mol. The molecule has 1 aromatic heterocycles. The molecule has 2 fully saturated rings. The molecule has 3 heterocycles. The minimum atomic E-state index is -0.545. The van der Waals surface area contributed by atoms with E-state index in [1.165, 1.54) is 12.1 Å². The maximum Gasteiger partial charge on any atom is 0.222 e. The molecule has 0 unspecified atom stereocenters. The van der Waals surface area contributed by atoms with Crippen molar-refractivity contribution in [2.45, 2.75) is 56.7 Å². The SMILES string of the molecule is O=C(C[C@@H]1CC[C@H]2[C@@H](COC[C@H](O)CN2Cc2nccs2)O1)NCc1ccc(F)cc1. The molecule has 4 rings (SSSR count). The Labute approximate surface area is 185 Å². The molecule has 7 nitrogen and oxygen atoms in total. The van der Waals surface area contributed by atoms with Gasteiger partial charge in [0.1, 0.15) is 10.8 Å². The van der Waals surface area contributed by atoms with Gasteiger partial charge in [-0.3, -0.25) is 9.69 Å². The first-order valence-electron chi connectivity index (χ1n) is 10.6. The van der Waals surface area contributed by atoms with Gasteiger partial charge in [-0.2, -0.15) is 0 Å². The number of β-amino-alcohol motifs (C(OH)–C–C–N with tert-alkyl or cyclic N) is 1. The Balaban J connectivity index is 1.31. The summed E-state index contributed by atoms with van der Waals surface area (Å²) in [5.41, 5.74) is 0.851. The lowest BCUT2D eigenvalue weighted by molar-refractivity contribution is -0.158. The molecule has 1 aromatic carbocycles. The summed E-state index contributed by atoms with van der Waals surface area (Å²) < 4.78 is 24.9. The third-order valence-electron chi connectivity index (χ3n) is 5.73. The monoisotopic (exact) mass is 449 g/mol. The number of hydrogen-bond acceptors (Lipinski definition) is 7. The number of rotatable bonds is 6. The predicted molar refractivity (Wildman–Crippen MR) is 114 cm³/mol. The van der Waals surface area contributed by atoms with Crippen LogP contribution in [0.15, 0.2) is 35.8 Å². The minimum absolute atomic E-state index is 0.0883. The first kappa shape index (κ1) is 22.3. The van der Waals surface area contributed by atoms with Crippen LogP contribution < -0.4 is 5.32 Å². The predicted octanol–water partition coefficient (Wildman–Crippen LogP) is 2.10. The second-order valence-electron chi connectivity index (χ2n) is 8.10. The van der Waals surface area contributed by atoms with E-state index in [1.54, 1.807) is 29.7 Å². The fourth-order valence-corrected chi connectivity index (χ4v) is 4.86. The van der Waals surface area contributed by atoms with Gasteiger partial charge in [0.15, 0.2) is 0 Å². The molecule has 2 aliphatic heterocycles. The normalized spacial score (nSPS) is 27.2. The van der Waals surface area contributed by atoms with E-state index >= 15 is 0 Å². The quantitative estimate of drug-likeness (QED) is 0.703. The summed E-state index contributed by atoms with van der Waals surface area (Å²) in [4.78, 5) is 19.0. The molecule has 0 bridgehead atoms. The van der Waals surface area contributed by atoms with Gasteiger partial charge in [-0.15, -0.1) is 11.3 Å². The highest BCUT2D eigenvalue weighted by molar-refractivity contribution is 7.09. The van der Waals surface area contributed by atoms with E-state index in [4.69, 9.17) is 9.47 Å². The number of carbonyl (C=O) groups excluding carboxylic acids is 1. The highest BCUT2D eigenvalue weighted by Gasteiger charge is 2.38. The van der Waals surface area contributed by atoms with Gasteiger partial charge in [-0.1, -0.05) is 12.1 Å². The summed E-state index contributed by atoms with van der Waals surface area (Å²) in [5, 5.41) is 16.1. The summed E-state index contributed by atoms with van der Waals surface area (Å²) in [6, 6.07) is 6.20. The van der Waals surface area contributed by atoms with Gasteiger partial charge in [0.25, 0.3) is 0 Å². The van der Waals surface area contributed by atoms with Crippen molar-refractivity contribution in [3.63, 3.8) is 0 Å². The molecule has 2 aliphatic rings.